The molecule has 0 saturated heterocycles. The minimum absolute atomic E-state index is 0.854. The molecule has 0 aromatic carbocycles. The van der Waals surface area contributed by atoms with Gasteiger partial charge in [0, 0.05) is 37.1 Å². The van der Waals surface area contributed by atoms with Crippen LogP contribution in [0.4, 0.5) is 5.13 Å². The minimum Gasteiger partial charge on any atom is -0.359 e. The van der Waals surface area contributed by atoms with E-state index in [9.17, 15) is 0 Å². The maximum absolute atomic E-state index is 4.39. The zero-order valence-corrected chi connectivity index (χ0v) is 10.9. The van der Waals surface area contributed by atoms with Crippen LogP contribution in [-0.2, 0) is 6.42 Å². The molecule has 1 fully saturated rings. The Morgan fingerprint density at radius 1 is 1.44 bits per heavy atom. The van der Waals surface area contributed by atoms with Crippen LogP contribution in [0.3, 0.4) is 0 Å². The third-order valence-electron chi connectivity index (χ3n) is 2.93. The highest BCUT2D eigenvalue weighted by Crippen LogP contribution is 2.26. The second kappa shape index (κ2) is 5.59. The van der Waals surface area contributed by atoms with Crippen LogP contribution >= 0.6 is 11.5 Å². The Hall–Kier alpha value is -0.680. The van der Waals surface area contributed by atoms with Crippen LogP contribution in [-0.4, -0.2) is 39.9 Å². The molecule has 0 atom stereocenters. The van der Waals surface area contributed by atoms with Crippen LogP contribution < -0.4 is 5.32 Å². The van der Waals surface area contributed by atoms with Gasteiger partial charge in [-0.3, -0.25) is 4.90 Å². The fraction of sp³-hybridized carbons (Fsp3) is 0.818. The predicted molar refractivity (Wildman–Crippen MR) is 68.0 cm³/mol. The molecule has 0 aliphatic heterocycles. The molecule has 90 valence electrons. The van der Waals surface area contributed by atoms with E-state index in [1.54, 1.807) is 0 Å². The van der Waals surface area contributed by atoms with Crippen LogP contribution in [0.15, 0.2) is 0 Å². The summed E-state index contributed by atoms with van der Waals surface area (Å²) < 4.78 is 4.25. The van der Waals surface area contributed by atoms with Gasteiger partial charge in [-0.2, -0.15) is 4.37 Å². The Morgan fingerprint density at radius 3 is 2.81 bits per heavy atom. The maximum atomic E-state index is 4.39. The van der Waals surface area contributed by atoms with Gasteiger partial charge in [0.2, 0.25) is 5.13 Å². The lowest BCUT2D eigenvalue weighted by Crippen LogP contribution is -2.30. The smallest absolute Gasteiger partial charge is 0.202 e. The van der Waals surface area contributed by atoms with Crippen LogP contribution in [0.1, 0.15) is 32.5 Å². The summed E-state index contributed by atoms with van der Waals surface area (Å²) in [6.07, 6.45) is 3.68. The number of hydrogen-bond acceptors (Lipinski definition) is 5. The van der Waals surface area contributed by atoms with Crippen molar-refractivity contribution in [2.45, 2.75) is 39.2 Å². The predicted octanol–water partition coefficient (Wildman–Crippen LogP) is 2.00. The molecule has 0 spiro atoms. The van der Waals surface area contributed by atoms with E-state index in [1.807, 2.05) is 0 Å². The fourth-order valence-electron chi connectivity index (χ4n) is 1.81. The van der Waals surface area contributed by atoms with E-state index < -0.39 is 0 Å². The number of likely N-dealkylation sites (N-methyl/N-ethyl adjacent to an activating group) is 1. The summed E-state index contributed by atoms with van der Waals surface area (Å²) in [5.74, 6) is 0.946. The Labute approximate surface area is 101 Å². The molecule has 5 heteroatoms. The van der Waals surface area contributed by atoms with Crippen molar-refractivity contribution in [3.63, 3.8) is 0 Å². The monoisotopic (exact) mass is 240 g/mol. The van der Waals surface area contributed by atoms with Crippen molar-refractivity contribution in [3.8, 4) is 0 Å². The third-order valence-corrected chi connectivity index (χ3v) is 3.64. The molecule has 1 aromatic rings. The van der Waals surface area contributed by atoms with Crippen molar-refractivity contribution in [2.75, 3.05) is 25.0 Å². The summed E-state index contributed by atoms with van der Waals surface area (Å²) >= 11 is 1.47. The van der Waals surface area contributed by atoms with Crippen molar-refractivity contribution in [1.82, 2.24) is 14.3 Å². The van der Waals surface area contributed by atoms with Crippen molar-refractivity contribution in [2.24, 2.45) is 0 Å². The van der Waals surface area contributed by atoms with Crippen LogP contribution in [0, 0.1) is 0 Å². The van der Waals surface area contributed by atoms with Crippen LogP contribution in [0.25, 0.3) is 0 Å². The summed E-state index contributed by atoms with van der Waals surface area (Å²) in [5, 5.41) is 4.31. The van der Waals surface area contributed by atoms with Crippen LogP contribution in [0.2, 0.25) is 0 Å². The SMILES string of the molecule is CCc1nsc(NCCN(CC)C2CC2)n1. The quantitative estimate of drug-likeness (QED) is 0.791. The number of anilines is 1. The molecule has 1 N–H and O–H groups in total. The van der Waals surface area contributed by atoms with Crippen molar-refractivity contribution < 1.29 is 0 Å². The van der Waals surface area contributed by atoms with Crippen molar-refractivity contribution in [3.05, 3.63) is 5.82 Å². The second-order valence-electron chi connectivity index (χ2n) is 4.16. The van der Waals surface area contributed by atoms with Gasteiger partial charge in [-0.15, -0.1) is 0 Å². The first-order valence-electron chi connectivity index (χ1n) is 6.14. The molecule has 1 aliphatic rings. The molecule has 0 bridgehead atoms. The van der Waals surface area contributed by atoms with Crippen LogP contribution in [0.5, 0.6) is 0 Å². The third kappa shape index (κ3) is 3.15. The van der Waals surface area contributed by atoms with Gasteiger partial charge in [0.15, 0.2) is 0 Å². The minimum atomic E-state index is 0.854. The van der Waals surface area contributed by atoms with Gasteiger partial charge < -0.3 is 5.32 Å². The standard InChI is InChI=1S/C11H20N4S/c1-3-10-13-11(16-14-10)12-7-8-15(4-2)9-5-6-9/h9H,3-8H2,1-2H3,(H,12,13,14). The van der Waals surface area contributed by atoms with E-state index in [1.165, 1.54) is 24.4 Å². The molecule has 0 amide bonds. The highest BCUT2D eigenvalue weighted by atomic mass is 32.1. The Kier molecular flexibility index (Phi) is 4.12. The van der Waals surface area contributed by atoms with Gasteiger partial charge in [-0.05, 0) is 19.4 Å². The average molecular weight is 240 g/mol. The average Bonchev–Trinajstić information content (AvgIpc) is 3.04. The molecular weight excluding hydrogens is 220 g/mol. The Morgan fingerprint density at radius 2 is 2.25 bits per heavy atom. The lowest BCUT2D eigenvalue weighted by molar-refractivity contribution is 0.289. The lowest BCUT2D eigenvalue weighted by Gasteiger charge is -2.19. The first-order chi connectivity index (χ1) is 7.83. The molecule has 4 nitrogen and oxygen atoms in total. The number of hydrogen-bond donors (Lipinski definition) is 1. The van der Waals surface area contributed by atoms with E-state index in [0.29, 0.717) is 0 Å². The van der Waals surface area contributed by atoms with Crippen molar-refractivity contribution >= 4 is 16.7 Å². The van der Waals surface area contributed by atoms with E-state index in [-0.39, 0.29) is 0 Å². The molecule has 0 radical (unpaired) electrons. The zero-order chi connectivity index (χ0) is 11.4. The highest BCUT2D eigenvalue weighted by molar-refractivity contribution is 7.09. The summed E-state index contributed by atoms with van der Waals surface area (Å²) in [6, 6.07) is 0.854. The Bertz CT molecular complexity index is 322. The van der Waals surface area contributed by atoms with Gasteiger partial charge in [0.1, 0.15) is 5.82 Å². The molecule has 1 heterocycles. The largest absolute Gasteiger partial charge is 0.359 e. The molecule has 0 unspecified atom stereocenters. The van der Waals surface area contributed by atoms with Gasteiger partial charge in [0.25, 0.3) is 0 Å². The summed E-state index contributed by atoms with van der Waals surface area (Å²) in [5.41, 5.74) is 0. The molecule has 1 saturated carbocycles. The first kappa shape index (κ1) is 11.8. The van der Waals surface area contributed by atoms with E-state index in [2.05, 4.69) is 33.4 Å². The highest BCUT2D eigenvalue weighted by Gasteiger charge is 2.27. The van der Waals surface area contributed by atoms with E-state index >= 15 is 0 Å². The van der Waals surface area contributed by atoms with Gasteiger partial charge in [-0.1, -0.05) is 13.8 Å². The molecular formula is C11H20N4S. The molecule has 2 rings (SSSR count). The summed E-state index contributed by atoms with van der Waals surface area (Å²) in [6.45, 7) is 7.56. The van der Waals surface area contributed by atoms with Gasteiger partial charge in [0.05, 0.1) is 0 Å². The van der Waals surface area contributed by atoms with Gasteiger partial charge in [-0.25, -0.2) is 4.98 Å². The summed E-state index contributed by atoms with van der Waals surface area (Å²) in [7, 11) is 0. The fourth-order valence-corrected chi connectivity index (χ4v) is 2.49. The molecule has 1 aromatic heterocycles. The maximum Gasteiger partial charge on any atom is 0.202 e. The first-order valence-corrected chi connectivity index (χ1v) is 6.91. The van der Waals surface area contributed by atoms with Crippen molar-refractivity contribution in [1.29, 1.82) is 0 Å². The number of aryl methyl sites for hydroxylation is 1. The number of aromatic nitrogens is 2. The van der Waals surface area contributed by atoms with E-state index in [4.69, 9.17) is 0 Å². The number of rotatable bonds is 7. The molecule has 16 heavy (non-hydrogen) atoms. The molecule has 1 aliphatic carbocycles. The zero-order valence-electron chi connectivity index (χ0n) is 10.1. The lowest BCUT2D eigenvalue weighted by atomic mass is 10.4. The second-order valence-corrected chi connectivity index (χ2v) is 4.91. The topological polar surface area (TPSA) is 41.1 Å². The van der Waals surface area contributed by atoms with E-state index in [0.717, 1.165) is 43.1 Å². The Balaban J connectivity index is 1.70. The summed E-state index contributed by atoms with van der Waals surface area (Å²) in [4.78, 5) is 6.93. The number of nitrogens with zero attached hydrogens (tertiary/aromatic N) is 3. The number of nitrogens with one attached hydrogen (secondary N) is 1. The normalized spacial score (nSPS) is 15.7. The van der Waals surface area contributed by atoms with Gasteiger partial charge >= 0.3 is 0 Å².